The number of hydrogen-bond acceptors (Lipinski definition) is 3. The molecule has 0 saturated carbocycles. The lowest BCUT2D eigenvalue weighted by atomic mass is 10.1. The van der Waals surface area contributed by atoms with Gasteiger partial charge >= 0.3 is 0 Å². The lowest BCUT2D eigenvalue weighted by Gasteiger charge is -2.20. The Labute approximate surface area is 141 Å². The summed E-state index contributed by atoms with van der Waals surface area (Å²) < 4.78 is 0. The van der Waals surface area contributed by atoms with E-state index in [-0.39, 0.29) is 12.4 Å². The first kappa shape index (κ1) is 16.5. The Kier molecular flexibility index (Phi) is 5.22. The topological polar surface area (TPSA) is 29.0 Å². The second-order valence-corrected chi connectivity index (χ2v) is 5.37. The maximum absolute atomic E-state index is 6.03. The number of aromatic nitrogens is 2. The Balaban J connectivity index is 0.00000176. The van der Waals surface area contributed by atoms with Crippen LogP contribution in [0.1, 0.15) is 12.5 Å². The molecule has 3 nitrogen and oxygen atoms in total. The monoisotopic (exact) mass is 333 g/mol. The van der Waals surface area contributed by atoms with E-state index in [0.29, 0.717) is 5.02 Å². The minimum atomic E-state index is 0. The number of nitrogens with zero attached hydrogens (tertiary/aromatic N) is 3. The van der Waals surface area contributed by atoms with Crippen LogP contribution in [0.2, 0.25) is 5.02 Å². The highest BCUT2D eigenvalue weighted by Crippen LogP contribution is 2.29. The number of hydrogen-bond donors (Lipinski definition) is 0. The Morgan fingerprint density at radius 2 is 1.77 bits per heavy atom. The summed E-state index contributed by atoms with van der Waals surface area (Å²) in [5, 5.41) is 1.67. The van der Waals surface area contributed by atoms with Crippen LogP contribution in [0.15, 0.2) is 48.8 Å². The van der Waals surface area contributed by atoms with Gasteiger partial charge in [-0.2, -0.15) is 0 Å². The summed E-state index contributed by atoms with van der Waals surface area (Å²) in [6.07, 6.45) is 2.61. The molecule has 114 valence electrons. The fourth-order valence-corrected chi connectivity index (χ4v) is 2.53. The summed E-state index contributed by atoms with van der Waals surface area (Å²) in [7, 11) is 2.01. The summed E-state index contributed by atoms with van der Waals surface area (Å²) in [4.78, 5) is 10.8. The van der Waals surface area contributed by atoms with Crippen LogP contribution < -0.4 is 4.90 Å². The number of aryl methyl sites for hydroxylation is 1. The van der Waals surface area contributed by atoms with Crippen LogP contribution >= 0.6 is 24.0 Å². The van der Waals surface area contributed by atoms with Crippen LogP contribution in [0, 0.1) is 0 Å². The van der Waals surface area contributed by atoms with Crippen LogP contribution in [-0.2, 0) is 6.42 Å². The van der Waals surface area contributed by atoms with Crippen molar-refractivity contribution >= 4 is 46.4 Å². The zero-order valence-corrected chi connectivity index (χ0v) is 14.0. The molecule has 1 heterocycles. The van der Waals surface area contributed by atoms with E-state index in [1.54, 1.807) is 6.33 Å². The van der Waals surface area contributed by atoms with E-state index in [2.05, 4.69) is 46.1 Å². The number of anilines is 2. The predicted octanol–water partition coefficient (Wildman–Crippen LogP) is 5.04. The third-order valence-corrected chi connectivity index (χ3v) is 3.86. The van der Waals surface area contributed by atoms with Crippen LogP contribution in [0.5, 0.6) is 0 Å². The molecule has 0 saturated heterocycles. The van der Waals surface area contributed by atoms with Gasteiger partial charge in [0, 0.05) is 23.1 Å². The van der Waals surface area contributed by atoms with Crippen molar-refractivity contribution in [2.45, 2.75) is 13.3 Å². The summed E-state index contributed by atoms with van der Waals surface area (Å²) >= 11 is 6.03. The van der Waals surface area contributed by atoms with Crippen molar-refractivity contribution in [3.8, 4) is 0 Å². The van der Waals surface area contributed by atoms with E-state index < -0.39 is 0 Å². The highest BCUT2D eigenvalue weighted by molar-refractivity contribution is 6.31. The first-order chi connectivity index (χ1) is 10.2. The third-order valence-electron chi connectivity index (χ3n) is 3.63. The van der Waals surface area contributed by atoms with Crippen molar-refractivity contribution in [1.29, 1.82) is 0 Å². The highest BCUT2D eigenvalue weighted by atomic mass is 35.5. The maximum Gasteiger partial charge on any atom is 0.144 e. The molecule has 5 heteroatoms. The normalized spacial score (nSPS) is 10.3. The second-order valence-electron chi connectivity index (χ2n) is 4.94. The maximum atomic E-state index is 6.03. The van der Waals surface area contributed by atoms with Crippen LogP contribution in [0.25, 0.3) is 10.9 Å². The van der Waals surface area contributed by atoms with Gasteiger partial charge in [0.05, 0.1) is 5.52 Å². The van der Waals surface area contributed by atoms with E-state index in [1.807, 2.05) is 25.2 Å². The van der Waals surface area contributed by atoms with Gasteiger partial charge in [-0.1, -0.05) is 30.7 Å². The largest absolute Gasteiger partial charge is 0.329 e. The molecular formula is C17H17Cl2N3. The molecule has 0 unspecified atom stereocenters. The summed E-state index contributed by atoms with van der Waals surface area (Å²) in [6.45, 7) is 2.15. The Morgan fingerprint density at radius 3 is 2.45 bits per heavy atom. The van der Waals surface area contributed by atoms with Crippen LogP contribution in [-0.4, -0.2) is 17.0 Å². The van der Waals surface area contributed by atoms with Crippen LogP contribution in [0.4, 0.5) is 11.5 Å². The molecule has 0 bridgehead atoms. The van der Waals surface area contributed by atoms with Gasteiger partial charge in [-0.15, -0.1) is 12.4 Å². The predicted molar refractivity (Wildman–Crippen MR) is 95.7 cm³/mol. The molecule has 0 fully saturated rings. The van der Waals surface area contributed by atoms with Crippen molar-refractivity contribution < 1.29 is 0 Å². The van der Waals surface area contributed by atoms with Crippen molar-refractivity contribution in [3.05, 3.63) is 59.4 Å². The lowest BCUT2D eigenvalue weighted by molar-refractivity contribution is 1.10. The number of halogens is 2. The fraction of sp³-hybridized carbons (Fsp3) is 0.176. The Morgan fingerprint density at radius 1 is 1.05 bits per heavy atom. The molecule has 0 aliphatic heterocycles. The van der Waals surface area contributed by atoms with Crippen molar-refractivity contribution in [2.24, 2.45) is 0 Å². The SMILES string of the molecule is CCc1ccc(N(C)c2ncnc3cc(Cl)ccc23)cc1.Cl. The molecule has 3 aromatic rings. The van der Waals surface area contributed by atoms with E-state index in [4.69, 9.17) is 11.6 Å². The molecule has 0 spiro atoms. The summed E-state index contributed by atoms with van der Waals surface area (Å²) in [5.74, 6) is 0.876. The van der Waals surface area contributed by atoms with Gasteiger partial charge in [-0.05, 0) is 42.3 Å². The third kappa shape index (κ3) is 3.16. The molecule has 0 aliphatic carbocycles. The standard InChI is InChI=1S/C17H16ClN3.ClH/c1-3-12-4-7-14(8-5-12)21(2)17-15-9-6-13(18)10-16(15)19-11-20-17;/h4-11H,3H2,1-2H3;1H. The molecule has 0 atom stereocenters. The van der Waals surface area contributed by atoms with E-state index in [9.17, 15) is 0 Å². The average Bonchev–Trinajstić information content (AvgIpc) is 2.53. The van der Waals surface area contributed by atoms with Gasteiger partial charge in [0.15, 0.2) is 0 Å². The number of rotatable bonds is 3. The zero-order chi connectivity index (χ0) is 14.8. The molecule has 2 aromatic carbocycles. The van der Waals surface area contributed by atoms with Gasteiger partial charge in [0.25, 0.3) is 0 Å². The van der Waals surface area contributed by atoms with E-state index in [0.717, 1.165) is 28.8 Å². The van der Waals surface area contributed by atoms with Crippen molar-refractivity contribution in [2.75, 3.05) is 11.9 Å². The molecule has 0 aliphatic rings. The molecular weight excluding hydrogens is 317 g/mol. The van der Waals surface area contributed by atoms with Gasteiger partial charge in [0.1, 0.15) is 12.1 Å². The van der Waals surface area contributed by atoms with E-state index in [1.165, 1.54) is 5.56 Å². The van der Waals surface area contributed by atoms with Crippen LogP contribution in [0.3, 0.4) is 0 Å². The second kappa shape index (κ2) is 6.95. The fourth-order valence-electron chi connectivity index (χ4n) is 2.36. The summed E-state index contributed by atoms with van der Waals surface area (Å²) in [6, 6.07) is 14.2. The van der Waals surface area contributed by atoms with Gasteiger partial charge in [-0.3, -0.25) is 0 Å². The van der Waals surface area contributed by atoms with Gasteiger partial charge < -0.3 is 4.90 Å². The molecule has 0 radical (unpaired) electrons. The van der Waals surface area contributed by atoms with Gasteiger partial charge in [0.2, 0.25) is 0 Å². The Hall–Kier alpha value is -1.84. The van der Waals surface area contributed by atoms with E-state index >= 15 is 0 Å². The minimum absolute atomic E-state index is 0. The molecule has 22 heavy (non-hydrogen) atoms. The zero-order valence-electron chi connectivity index (χ0n) is 12.5. The first-order valence-electron chi connectivity index (χ1n) is 6.92. The number of fused-ring (bicyclic) bond motifs is 1. The smallest absolute Gasteiger partial charge is 0.144 e. The molecule has 1 aromatic heterocycles. The Bertz CT molecular complexity index is 772. The summed E-state index contributed by atoms with van der Waals surface area (Å²) in [5.41, 5.74) is 3.28. The van der Waals surface area contributed by atoms with Gasteiger partial charge in [-0.25, -0.2) is 9.97 Å². The molecule has 3 rings (SSSR count). The molecule has 0 amide bonds. The first-order valence-corrected chi connectivity index (χ1v) is 7.30. The molecule has 0 N–H and O–H groups in total. The lowest BCUT2D eigenvalue weighted by Crippen LogP contribution is -2.12. The highest BCUT2D eigenvalue weighted by Gasteiger charge is 2.10. The minimum Gasteiger partial charge on any atom is -0.329 e. The average molecular weight is 334 g/mol. The van der Waals surface area contributed by atoms with Crippen molar-refractivity contribution in [1.82, 2.24) is 9.97 Å². The number of benzene rings is 2. The van der Waals surface area contributed by atoms with Crippen molar-refractivity contribution in [3.63, 3.8) is 0 Å². The quantitative estimate of drug-likeness (QED) is 0.672.